The normalized spacial score (nSPS) is 28.5. The number of rotatable bonds is 4. The van der Waals surface area contributed by atoms with E-state index in [1.54, 1.807) is 13.8 Å². The van der Waals surface area contributed by atoms with Crippen molar-refractivity contribution in [2.75, 3.05) is 6.61 Å². The van der Waals surface area contributed by atoms with Crippen LogP contribution in [-0.4, -0.2) is 24.5 Å². The van der Waals surface area contributed by atoms with E-state index in [9.17, 15) is 9.59 Å². The first kappa shape index (κ1) is 13.5. The van der Waals surface area contributed by atoms with Gasteiger partial charge in [0.2, 0.25) is 5.91 Å². The van der Waals surface area contributed by atoms with Crippen LogP contribution in [0.2, 0.25) is 0 Å². The summed E-state index contributed by atoms with van der Waals surface area (Å²) in [5, 5.41) is 11.6. The molecular formula is C12H18N2O3. The first-order valence-electron chi connectivity index (χ1n) is 5.84. The van der Waals surface area contributed by atoms with E-state index in [0.717, 1.165) is 0 Å². The Morgan fingerprint density at radius 3 is 2.59 bits per heavy atom. The highest BCUT2D eigenvalue weighted by Gasteiger charge is 2.49. The smallest absolute Gasteiger partial charge is 0.328 e. The molecule has 1 rings (SSSR count). The van der Waals surface area contributed by atoms with Crippen LogP contribution in [0.4, 0.5) is 0 Å². The Labute approximate surface area is 101 Å². The SMILES string of the molecule is CCOC(=O)C(C)NC(=O)C1(C#N)CC(C)C1. The molecule has 17 heavy (non-hydrogen) atoms. The Hall–Kier alpha value is -1.57. The second-order valence-corrected chi connectivity index (χ2v) is 4.65. The highest BCUT2D eigenvalue weighted by Crippen LogP contribution is 2.45. The standard InChI is InChI=1S/C12H18N2O3/c1-4-17-10(15)9(3)14-11(16)12(7-13)5-8(2)6-12/h8-9H,4-6H2,1-3H3,(H,14,16). The summed E-state index contributed by atoms with van der Waals surface area (Å²) in [4.78, 5) is 23.2. The van der Waals surface area contributed by atoms with Crippen molar-refractivity contribution in [3.8, 4) is 6.07 Å². The van der Waals surface area contributed by atoms with Crippen LogP contribution in [0.5, 0.6) is 0 Å². The number of nitrogens with one attached hydrogen (secondary N) is 1. The van der Waals surface area contributed by atoms with Gasteiger partial charge in [0.1, 0.15) is 11.5 Å². The maximum absolute atomic E-state index is 11.9. The summed E-state index contributed by atoms with van der Waals surface area (Å²) in [6.07, 6.45) is 1.12. The van der Waals surface area contributed by atoms with Gasteiger partial charge in [0.25, 0.3) is 0 Å². The van der Waals surface area contributed by atoms with Gasteiger partial charge in [-0.1, -0.05) is 6.92 Å². The molecule has 0 radical (unpaired) electrons. The van der Waals surface area contributed by atoms with E-state index in [-0.39, 0.29) is 12.5 Å². The van der Waals surface area contributed by atoms with Crippen LogP contribution in [-0.2, 0) is 14.3 Å². The Balaban J connectivity index is 2.55. The first-order chi connectivity index (χ1) is 7.95. The zero-order chi connectivity index (χ0) is 13.1. The van der Waals surface area contributed by atoms with Gasteiger partial charge in [-0.25, -0.2) is 4.79 Å². The topological polar surface area (TPSA) is 79.2 Å². The van der Waals surface area contributed by atoms with E-state index in [4.69, 9.17) is 10.00 Å². The van der Waals surface area contributed by atoms with Crippen molar-refractivity contribution in [2.45, 2.75) is 39.7 Å². The minimum absolute atomic E-state index is 0.277. The van der Waals surface area contributed by atoms with Crippen LogP contribution in [0.25, 0.3) is 0 Å². The lowest BCUT2D eigenvalue weighted by Crippen LogP contribution is -2.52. The predicted molar refractivity (Wildman–Crippen MR) is 60.7 cm³/mol. The molecule has 1 aliphatic carbocycles. The fraction of sp³-hybridized carbons (Fsp3) is 0.750. The van der Waals surface area contributed by atoms with Crippen molar-refractivity contribution in [2.24, 2.45) is 11.3 Å². The number of hydrogen-bond donors (Lipinski definition) is 1. The number of ether oxygens (including phenoxy) is 1. The molecule has 0 bridgehead atoms. The lowest BCUT2D eigenvalue weighted by Gasteiger charge is -2.39. The zero-order valence-corrected chi connectivity index (χ0v) is 10.4. The Morgan fingerprint density at radius 2 is 2.18 bits per heavy atom. The average molecular weight is 238 g/mol. The van der Waals surface area contributed by atoms with Crippen molar-refractivity contribution >= 4 is 11.9 Å². The van der Waals surface area contributed by atoms with Crippen molar-refractivity contribution in [1.82, 2.24) is 5.32 Å². The summed E-state index contributed by atoms with van der Waals surface area (Å²) in [6, 6.07) is 1.35. The molecule has 1 unspecified atom stereocenters. The van der Waals surface area contributed by atoms with Crippen molar-refractivity contribution < 1.29 is 14.3 Å². The van der Waals surface area contributed by atoms with Gasteiger partial charge in [0.05, 0.1) is 12.7 Å². The summed E-state index contributed by atoms with van der Waals surface area (Å²) in [5.74, 6) is -0.446. The molecule has 0 heterocycles. The maximum Gasteiger partial charge on any atom is 0.328 e. The summed E-state index contributed by atoms with van der Waals surface area (Å²) in [5.41, 5.74) is -0.944. The van der Waals surface area contributed by atoms with Crippen molar-refractivity contribution in [1.29, 1.82) is 5.26 Å². The minimum atomic E-state index is -0.944. The number of nitriles is 1. The molecule has 5 nitrogen and oxygen atoms in total. The molecule has 1 N–H and O–H groups in total. The second kappa shape index (κ2) is 5.17. The van der Waals surface area contributed by atoms with E-state index in [1.165, 1.54) is 0 Å². The van der Waals surface area contributed by atoms with Gasteiger partial charge in [-0.2, -0.15) is 5.26 Å². The second-order valence-electron chi connectivity index (χ2n) is 4.65. The first-order valence-corrected chi connectivity index (χ1v) is 5.84. The van der Waals surface area contributed by atoms with Crippen molar-refractivity contribution in [3.63, 3.8) is 0 Å². The largest absolute Gasteiger partial charge is 0.464 e. The molecule has 1 saturated carbocycles. The third kappa shape index (κ3) is 2.76. The molecule has 1 atom stereocenters. The highest BCUT2D eigenvalue weighted by molar-refractivity contribution is 5.90. The average Bonchev–Trinajstić information content (AvgIpc) is 2.24. The number of carbonyl (C=O) groups is 2. The minimum Gasteiger partial charge on any atom is -0.464 e. The number of hydrogen-bond acceptors (Lipinski definition) is 4. The molecule has 0 saturated heterocycles. The molecule has 0 aromatic rings. The quantitative estimate of drug-likeness (QED) is 0.741. The molecule has 0 aliphatic heterocycles. The van der Waals surface area contributed by atoms with E-state index >= 15 is 0 Å². The Morgan fingerprint density at radius 1 is 1.59 bits per heavy atom. The van der Waals surface area contributed by atoms with Gasteiger partial charge in [-0.05, 0) is 32.6 Å². The third-order valence-electron chi connectivity index (χ3n) is 3.03. The van der Waals surface area contributed by atoms with Crippen LogP contribution >= 0.6 is 0 Å². The lowest BCUT2D eigenvalue weighted by molar-refractivity contribution is -0.148. The van der Waals surface area contributed by atoms with Gasteiger partial charge in [-0.3, -0.25) is 4.79 Å². The monoisotopic (exact) mass is 238 g/mol. The van der Waals surface area contributed by atoms with Crippen LogP contribution in [0.1, 0.15) is 33.6 Å². The van der Waals surface area contributed by atoms with Gasteiger partial charge < -0.3 is 10.1 Å². The summed E-state index contributed by atoms with van der Waals surface area (Å²) >= 11 is 0. The molecule has 0 aromatic heterocycles. The summed E-state index contributed by atoms with van der Waals surface area (Å²) in [6.45, 7) is 5.54. The Bertz CT molecular complexity index is 353. The maximum atomic E-state index is 11.9. The van der Waals surface area contributed by atoms with Gasteiger partial charge in [0, 0.05) is 0 Å². The van der Waals surface area contributed by atoms with Crippen molar-refractivity contribution in [3.05, 3.63) is 0 Å². The number of amides is 1. The number of esters is 1. The molecule has 94 valence electrons. The van der Waals surface area contributed by atoms with E-state index in [1.807, 2.05) is 6.92 Å². The molecule has 5 heteroatoms. The molecular weight excluding hydrogens is 220 g/mol. The van der Waals surface area contributed by atoms with Gasteiger partial charge in [0.15, 0.2) is 0 Å². The fourth-order valence-corrected chi connectivity index (χ4v) is 2.12. The molecule has 1 amide bonds. The fourth-order valence-electron chi connectivity index (χ4n) is 2.12. The lowest BCUT2D eigenvalue weighted by atomic mass is 9.63. The Kier molecular flexibility index (Phi) is 4.11. The van der Waals surface area contributed by atoms with Crippen LogP contribution in [0.3, 0.4) is 0 Å². The van der Waals surface area contributed by atoms with Crippen LogP contribution in [0, 0.1) is 22.7 Å². The third-order valence-corrected chi connectivity index (χ3v) is 3.03. The van der Waals surface area contributed by atoms with Crippen LogP contribution < -0.4 is 5.32 Å². The molecule has 1 fully saturated rings. The molecule has 0 spiro atoms. The van der Waals surface area contributed by atoms with Gasteiger partial charge >= 0.3 is 5.97 Å². The highest BCUT2D eigenvalue weighted by atomic mass is 16.5. The number of nitrogens with zero attached hydrogens (tertiary/aromatic N) is 1. The van der Waals surface area contributed by atoms with E-state index in [0.29, 0.717) is 18.8 Å². The zero-order valence-electron chi connectivity index (χ0n) is 10.4. The van der Waals surface area contributed by atoms with Gasteiger partial charge in [-0.15, -0.1) is 0 Å². The predicted octanol–water partition coefficient (Wildman–Crippen LogP) is 0.994. The van der Waals surface area contributed by atoms with E-state index < -0.39 is 17.4 Å². The summed E-state index contributed by atoms with van der Waals surface area (Å²) < 4.78 is 4.79. The molecule has 0 aromatic carbocycles. The van der Waals surface area contributed by atoms with E-state index in [2.05, 4.69) is 11.4 Å². The van der Waals surface area contributed by atoms with Crippen LogP contribution in [0.15, 0.2) is 0 Å². The summed E-state index contributed by atoms with van der Waals surface area (Å²) in [7, 11) is 0. The number of carbonyl (C=O) groups excluding carboxylic acids is 2. The molecule has 1 aliphatic rings.